The molecule has 2 N–H and O–H groups in total. The maximum atomic E-state index is 13.3. The summed E-state index contributed by atoms with van der Waals surface area (Å²) in [6.07, 6.45) is 0.893. The highest BCUT2D eigenvalue weighted by atomic mass is 32.1. The van der Waals surface area contributed by atoms with Crippen LogP contribution in [0.2, 0.25) is 0 Å². The van der Waals surface area contributed by atoms with E-state index < -0.39 is 11.6 Å². The maximum Gasteiger partial charge on any atom is 0.171 e. The average molecular weight is 320 g/mol. The number of hydrogen-bond donors (Lipinski definition) is 2. The molecule has 0 aliphatic heterocycles. The van der Waals surface area contributed by atoms with Crippen LogP contribution >= 0.6 is 12.2 Å². The molecule has 2 aromatic rings. The average Bonchev–Trinajstić information content (AvgIpc) is 2.50. The Hall–Kier alpha value is -2.01. The zero-order valence-electron chi connectivity index (χ0n) is 12.5. The quantitative estimate of drug-likeness (QED) is 0.807. The van der Waals surface area contributed by atoms with Crippen molar-refractivity contribution < 1.29 is 8.78 Å². The number of benzene rings is 2. The van der Waals surface area contributed by atoms with Crippen molar-refractivity contribution in [3.8, 4) is 0 Å². The molecule has 0 amide bonds. The lowest BCUT2D eigenvalue weighted by Gasteiger charge is -2.18. The number of rotatable bonds is 4. The smallest absolute Gasteiger partial charge is 0.171 e. The lowest BCUT2D eigenvalue weighted by Crippen LogP contribution is -2.31. The molecule has 0 unspecified atom stereocenters. The Balaban J connectivity index is 2.03. The molecule has 0 heterocycles. The van der Waals surface area contributed by atoms with Crippen LogP contribution in [0.4, 0.5) is 14.5 Å². The third-order valence-electron chi connectivity index (χ3n) is 3.44. The van der Waals surface area contributed by atoms with Gasteiger partial charge in [-0.1, -0.05) is 31.2 Å². The molecule has 0 aromatic heterocycles. The number of para-hydroxylation sites is 1. The van der Waals surface area contributed by atoms with Crippen molar-refractivity contribution in [2.45, 2.75) is 26.3 Å². The second kappa shape index (κ2) is 7.31. The first kappa shape index (κ1) is 16.4. The summed E-state index contributed by atoms with van der Waals surface area (Å²) in [5, 5.41) is 6.66. The van der Waals surface area contributed by atoms with E-state index in [1.54, 1.807) is 6.07 Å². The number of hydrogen-bond acceptors (Lipinski definition) is 1. The lowest BCUT2D eigenvalue weighted by molar-refractivity contribution is 0.505. The van der Waals surface area contributed by atoms with Gasteiger partial charge in [0.2, 0.25) is 0 Å². The number of thiocarbonyl (C=S) groups is 1. The molecule has 0 saturated heterocycles. The summed E-state index contributed by atoms with van der Waals surface area (Å²) in [6, 6.07) is 11.5. The summed E-state index contributed by atoms with van der Waals surface area (Å²) in [5.74, 6) is -1.71. The van der Waals surface area contributed by atoms with Gasteiger partial charge in [0.1, 0.15) is 0 Å². The molecule has 0 bridgehead atoms. The predicted molar refractivity (Wildman–Crippen MR) is 89.9 cm³/mol. The first-order chi connectivity index (χ1) is 10.5. The second-order valence-electron chi connectivity index (χ2n) is 5.00. The van der Waals surface area contributed by atoms with Gasteiger partial charge in [0.15, 0.2) is 16.7 Å². The molecule has 0 aliphatic rings. The standard InChI is InChI=1S/C17H18F2N2S/c1-3-12-6-4-5-7-16(12)21-17(22)20-11(2)13-8-9-14(18)15(19)10-13/h4-11H,3H2,1-2H3,(H2,20,21,22)/t11-/m1/s1. The first-order valence-corrected chi connectivity index (χ1v) is 7.52. The number of anilines is 1. The van der Waals surface area contributed by atoms with Gasteiger partial charge in [-0.2, -0.15) is 0 Å². The van der Waals surface area contributed by atoms with Crippen LogP contribution < -0.4 is 10.6 Å². The summed E-state index contributed by atoms with van der Waals surface area (Å²) < 4.78 is 26.2. The van der Waals surface area contributed by atoms with Gasteiger partial charge in [-0.15, -0.1) is 0 Å². The van der Waals surface area contributed by atoms with E-state index in [2.05, 4.69) is 17.6 Å². The molecule has 116 valence electrons. The summed E-state index contributed by atoms with van der Waals surface area (Å²) in [7, 11) is 0. The molecule has 0 spiro atoms. The molecular weight excluding hydrogens is 302 g/mol. The van der Waals surface area contributed by atoms with Crippen LogP contribution in [-0.2, 0) is 6.42 Å². The Labute approximate surface area is 134 Å². The molecule has 0 radical (unpaired) electrons. The van der Waals surface area contributed by atoms with Gasteiger partial charge < -0.3 is 10.6 Å². The van der Waals surface area contributed by atoms with Gasteiger partial charge in [0, 0.05) is 5.69 Å². The minimum absolute atomic E-state index is 0.233. The number of aryl methyl sites for hydroxylation is 1. The van der Waals surface area contributed by atoms with E-state index in [1.165, 1.54) is 6.07 Å². The van der Waals surface area contributed by atoms with E-state index in [1.807, 2.05) is 31.2 Å². The van der Waals surface area contributed by atoms with Gasteiger partial charge in [0.05, 0.1) is 6.04 Å². The fourth-order valence-electron chi connectivity index (χ4n) is 2.17. The van der Waals surface area contributed by atoms with Crippen LogP contribution in [0, 0.1) is 11.6 Å². The Bertz CT molecular complexity index is 673. The highest BCUT2D eigenvalue weighted by molar-refractivity contribution is 7.80. The molecular formula is C17H18F2N2S. The highest BCUT2D eigenvalue weighted by Crippen LogP contribution is 2.18. The van der Waals surface area contributed by atoms with Gasteiger partial charge in [-0.3, -0.25) is 0 Å². The zero-order chi connectivity index (χ0) is 16.1. The highest BCUT2D eigenvalue weighted by Gasteiger charge is 2.11. The minimum Gasteiger partial charge on any atom is -0.356 e. The fraction of sp³-hybridized carbons (Fsp3) is 0.235. The second-order valence-corrected chi connectivity index (χ2v) is 5.41. The Morgan fingerprint density at radius 1 is 1.14 bits per heavy atom. The van der Waals surface area contributed by atoms with Crippen molar-refractivity contribution in [2.24, 2.45) is 0 Å². The molecule has 0 aliphatic carbocycles. The van der Waals surface area contributed by atoms with E-state index in [0.29, 0.717) is 10.7 Å². The molecule has 2 rings (SSSR count). The number of halogens is 2. The van der Waals surface area contributed by atoms with Crippen molar-refractivity contribution in [3.05, 3.63) is 65.2 Å². The summed E-state index contributed by atoms with van der Waals surface area (Å²) in [5.41, 5.74) is 2.74. The first-order valence-electron chi connectivity index (χ1n) is 7.11. The van der Waals surface area contributed by atoms with Crippen molar-refractivity contribution in [3.63, 3.8) is 0 Å². The Morgan fingerprint density at radius 3 is 2.55 bits per heavy atom. The molecule has 2 aromatic carbocycles. The lowest BCUT2D eigenvalue weighted by atomic mass is 10.1. The van der Waals surface area contributed by atoms with Crippen LogP contribution in [0.5, 0.6) is 0 Å². The van der Waals surface area contributed by atoms with Crippen molar-refractivity contribution in [1.29, 1.82) is 0 Å². The monoisotopic (exact) mass is 320 g/mol. The van der Waals surface area contributed by atoms with Crippen LogP contribution in [0.1, 0.15) is 31.0 Å². The van der Waals surface area contributed by atoms with Crippen molar-refractivity contribution in [1.82, 2.24) is 5.32 Å². The van der Waals surface area contributed by atoms with E-state index >= 15 is 0 Å². The van der Waals surface area contributed by atoms with E-state index in [4.69, 9.17) is 12.2 Å². The minimum atomic E-state index is -0.860. The van der Waals surface area contributed by atoms with Crippen LogP contribution in [-0.4, -0.2) is 5.11 Å². The van der Waals surface area contributed by atoms with E-state index in [-0.39, 0.29) is 6.04 Å². The molecule has 0 saturated carbocycles. The van der Waals surface area contributed by atoms with E-state index in [0.717, 1.165) is 23.7 Å². The summed E-state index contributed by atoms with van der Waals surface area (Å²) in [4.78, 5) is 0. The number of nitrogens with one attached hydrogen (secondary N) is 2. The molecule has 2 nitrogen and oxygen atoms in total. The molecule has 5 heteroatoms. The van der Waals surface area contributed by atoms with Crippen LogP contribution in [0.3, 0.4) is 0 Å². The normalized spacial score (nSPS) is 11.8. The molecule has 1 atom stereocenters. The van der Waals surface area contributed by atoms with Gasteiger partial charge >= 0.3 is 0 Å². The zero-order valence-corrected chi connectivity index (χ0v) is 13.3. The third kappa shape index (κ3) is 4.01. The summed E-state index contributed by atoms with van der Waals surface area (Å²) >= 11 is 5.29. The SMILES string of the molecule is CCc1ccccc1NC(=S)N[C@H](C)c1ccc(F)c(F)c1. The topological polar surface area (TPSA) is 24.1 Å². The Kier molecular flexibility index (Phi) is 5.44. The molecule has 0 fully saturated rings. The fourth-order valence-corrected chi connectivity index (χ4v) is 2.46. The Morgan fingerprint density at radius 2 is 1.86 bits per heavy atom. The largest absolute Gasteiger partial charge is 0.356 e. The van der Waals surface area contributed by atoms with Crippen molar-refractivity contribution in [2.75, 3.05) is 5.32 Å². The summed E-state index contributed by atoms with van der Waals surface area (Å²) in [6.45, 7) is 3.91. The third-order valence-corrected chi connectivity index (χ3v) is 3.66. The van der Waals surface area contributed by atoms with Gasteiger partial charge in [-0.05, 0) is 54.9 Å². The molecule has 22 heavy (non-hydrogen) atoms. The van der Waals surface area contributed by atoms with Crippen molar-refractivity contribution >= 4 is 23.0 Å². The van der Waals surface area contributed by atoms with E-state index in [9.17, 15) is 8.78 Å². The van der Waals surface area contributed by atoms with Crippen LogP contribution in [0.15, 0.2) is 42.5 Å². The van der Waals surface area contributed by atoms with Crippen LogP contribution in [0.25, 0.3) is 0 Å². The van der Waals surface area contributed by atoms with Gasteiger partial charge in [-0.25, -0.2) is 8.78 Å². The van der Waals surface area contributed by atoms with Gasteiger partial charge in [0.25, 0.3) is 0 Å². The maximum absolute atomic E-state index is 13.3. The predicted octanol–water partition coefficient (Wildman–Crippen LogP) is 4.57.